The van der Waals surface area contributed by atoms with Crippen LogP contribution in [0, 0.1) is 0 Å². The molecule has 1 aromatic rings. The standard InChI is InChI=1S/C6H9BrN2S2/c7-5-3-11-9-6(5)4-10-2-1-8/h3H,1-2,4,8H2. The first-order chi connectivity index (χ1) is 5.34. The van der Waals surface area contributed by atoms with Crippen LogP contribution in [0.5, 0.6) is 0 Å². The van der Waals surface area contributed by atoms with Gasteiger partial charge in [-0.2, -0.15) is 16.1 Å². The molecule has 62 valence electrons. The summed E-state index contributed by atoms with van der Waals surface area (Å²) in [5.41, 5.74) is 6.49. The van der Waals surface area contributed by atoms with Crippen LogP contribution in [0.2, 0.25) is 0 Å². The maximum atomic E-state index is 5.36. The van der Waals surface area contributed by atoms with E-state index >= 15 is 0 Å². The molecule has 0 amide bonds. The second-order valence-corrected chi connectivity index (χ2v) is 4.54. The van der Waals surface area contributed by atoms with Crippen molar-refractivity contribution in [3.8, 4) is 0 Å². The minimum absolute atomic E-state index is 0.742. The molecule has 0 saturated carbocycles. The molecule has 0 atom stereocenters. The van der Waals surface area contributed by atoms with Gasteiger partial charge in [-0.25, -0.2) is 0 Å². The van der Waals surface area contributed by atoms with Crippen LogP contribution in [-0.4, -0.2) is 16.7 Å². The van der Waals surface area contributed by atoms with Crippen LogP contribution in [-0.2, 0) is 5.75 Å². The van der Waals surface area contributed by atoms with Gasteiger partial charge in [0.2, 0.25) is 0 Å². The van der Waals surface area contributed by atoms with E-state index in [1.807, 2.05) is 17.1 Å². The summed E-state index contributed by atoms with van der Waals surface area (Å²) in [7, 11) is 0. The van der Waals surface area contributed by atoms with E-state index in [1.54, 1.807) is 0 Å². The molecule has 1 rings (SSSR count). The molecular weight excluding hydrogens is 244 g/mol. The molecular formula is C6H9BrN2S2. The average molecular weight is 253 g/mol. The molecule has 0 aliphatic carbocycles. The Labute approximate surface area is 82.9 Å². The SMILES string of the molecule is NCCSCc1nscc1Br. The summed E-state index contributed by atoms with van der Waals surface area (Å²) >= 11 is 6.72. The zero-order chi connectivity index (χ0) is 8.10. The quantitative estimate of drug-likeness (QED) is 0.835. The van der Waals surface area contributed by atoms with Gasteiger partial charge in [0, 0.05) is 23.4 Å². The molecule has 0 unspecified atom stereocenters. The Kier molecular flexibility index (Phi) is 4.44. The number of hydrogen-bond acceptors (Lipinski definition) is 4. The van der Waals surface area contributed by atoms with Crippen LogP contribution in [0.25, 0.3) is 0 Å². The summed E-state index contributed by atoms with van der Waals surface area (Å²) in [5.74, 6) is 1.96. The Balaban J connectivity index is 2.32. The fourth-order valence-corrected chi connectivity index (χ4v) is 2.76. The fraction of sp³-hybridized carbons (Fsp3) is 0.500. The molecule has 2 N–H and O–H groups in total. The lowest BCUT2D eigenvalue weighted by molar-refractivity contribution is 1.14. The van der Waals surface area contributed by atoms with E-state index < -0.39 is 0 Å². The van der Waals surface area contributed by atoms with Crippen LogP contribution in [0.3, 0.4) is 0 Å². The van der Waals surface area contributed by atoms with Gasteiger partial charge >= 0.3 is 0 Å². The minimum atomic E-state index is 0.742. The highest BCUT2D eigenvalue weighted by atomic mass is 79.9. The predicted octanol–water partition coefficient (Wildman–Crippen LogP) is 2.10. The van der Waals surface area contributed by atoms with E-state index in [0.717, 1.165) is 28.2 Å². The van der Waals surface area contributed by atoms with Crippen molar-refractivity contribution in [1.82, 2.24) is 4.37 Å². The summed E-state index contributed by atoms with van der Waals surface area (Å²) in [4.78, 5) is 0. The van der Waals surface area contributed by atoms with E-state index in [0.29, 0.717) is 0 Å². The molecule has 1 heterocycles. The van der Waals surface area contributed by atoms with Gasteiger partial charge in [-0.1, -0.05) is 0 Å². The highest BCUT2D eigenvalue weighted by Crippen LogP contribution is 2.21. The molecule has 2 nitrogen and oxygen atoms in total. The summed E-state index contributed by atoms with van der Waals surface area (Å²) in [6, 6.07) is 0. The monoisotopic (exact) mass is 252 g/mol. The molecule has 0 radical (unpaired) electrons. The molecule has 0 fully saturated rings. The highest BCUT2D eigenvalue weighted by Gasteiger charge is 2.01. The molecule has 5 heteroatoms. The van der Waals surface area contributed by atoms with E-state index in [1.165, 1.54) is 11.5 Å². The third-order valence-electron chi connectivity index (χ3n) is 1.10. The van der Waals surface area contributed by atoms with Crippen molar-refractivity contribution in [3.05, 3.63) is 15.5 Å². The van der Waals surface area contributed by atoms with Crippen LogP contribution < -0.4 is 5.73 Å². The Bertz CT molecular complexity index is 214. The molecule has 0 aliphatic rings. The summed E-state index contributed by atoms with van der Waals surface area (Å²) in [5, 5.41) is 2.00. The second kappa shape index (κ2) is 5.13. The number of hydrogen-bond donors (Lipinski definition) is 1. The largest absolute Gasteiger partial charge is 0.330 e. The maximum absolute atomic E-state index is 5.36. The van der Waals surface area contributed by atoms with Crippen LogP contribution in [0.15, 0.2) is 9.85 Å². The van der Waals surface area contributed by atoms with Gasteiger partial charge in [-0.3, -0.25) is 0 Å². The van der Waals surface area contributed by atoms with Crippen LogP contribution in [0.4, 0.5) is 0 Å². The van der Waals surface area contributed by atoms with Gasteiger partial charge in [0.05, 0.1) is 10.2 Å². The zero-order valence-corrected chi connectivity index (χ0v) is 9.14. The first-order valence-corrected chi connectivity index (χ1v) is 5.99. The maximum Gasteiger partial charge on any atom is 0.0782 e. The Hall–Kier alpha value is 0.420. The lowest BCUT2D eigenvalue weighted by Gasteiger charge is -1.95. The van der Waals surface area contributed by atoms with Crippen molar-refractivity contribution < 1.29 is 0 Å². The third-order valence-corrected chi connectivity index (χ3v) is 3.75. The van der Waals surface area contributed by atoms with Crippen molar-refractivity contribution in [3.63, 3.8) is 0 Å². The molecule has 0 aliphatic heterocycles. The van der Waals surface area contributed by atoms with E-state index in [4.69, 9.17) is 5.73 Å². The van der Waals surface area contributed by atoms with E-state index in [9.17, 15) is 0 Å². The molecule has 0 bridgehead atoms. The van der Waals surface area contributed by atoms with Gasteiger partial charge in [0.1, 0.15) is 0 Å². The predicted molar refractivity (Wildman–Crippen MR) is 55.0 cm³/mol. The number of halogens is 1. The van der Waals surface area contributed by atoms with Gasteiger partial charge in [0.25, 0.3) is 0 Å². The zero-order valence-electron chi connectivity index (χ0n) is 5.92. The molecule has 1 aromatic heterocycles. The van der Waals surface area contributed by atoms with Gasteiger partial charge in [-0.05, 0) is 27.5 Å². The number of nitrogens with zero attached hydrogens (tertiary/aromatic N) is 1. The Morgan fingerprint density at radius 1 is 1.73 bits per heavy atom. The lowest BCUT2D eigenvalue weighted by Crippen LogP contribution is -2.01. The van der Waals surface area contributed by atoms with Crippen molar-refractivity contribution in [2.45, 2.75) is 5.75 Å². The number of aromatic nitrogens is 1. The molecule has 0 aromatic carbocycles. The summed E-state index contributed by atoms with van der Waals surface area (Å²) in [6.07, 6.45) is 0. The highest BCUT2D eigenvalue weighted by molar-refractivity contribution is 9.10. The van der Waals surface area contributed by atoms with E-state index in [2.05, 4.69) is 20.3 Å². The lowest BCUT2D eigenvalue weighted by atomic mass is 10.5. The first-order valence-electron chi connectivity index (χ1n) is 3.21. The second-order valence-electron chi connectivity index (χ2n) is 1.95. The minimum Gasteiger partial charge on any atom is -0.330 e. The van der Waals surface area contributed by atoms with Crippen LogP contribution >= 0.6 is 39.2 Å². The molecule has 11 heavy (non-hydrogen) atoms. The number of nitrogens with two attached hydrogens (primary N) is 1. The average Bonchev–Trinajstić information content (AvgIpc) is 2.37. The first kappa shape index (κ1) is 9.51. The summed E-state index contributed by atoms with van der Waals surface area (Å²) < 4.78 is 5.34. The van der Waals surface area contributed by atoms with Crippen molar-refractivity contribution >= 4 is 39.2 Å². The summed E-state index contributed by atoms with van der Waals surface area (Å²) in [6.45, 7) is 0.742. The smallest absolute Gasteiger partial charge is 0.0782 e. The molecule has 0 spiro atoms. The third kappa shape index (κ3) is 3.11. The Morgan fingerprint density at radius 2 is 2.55 bits per heavy atom. The molecule has 0 saturated heterocycles. The van der Waals surface area contributed by atoms with Gasteiger partial charge in [0.15, 0.2) is 0 Å². The van der Waals surface area contributed by atoms with Gasteiger partial charge in [-0.15, -0.1) is 0 Å². The van der Waals surface area contributed by atoms with Gasteiger partial charge < -0.3 is 5.73 Å². The van der Waals surface area contributed by atoms with Crippen molar-refractivity contribution in [1.29, 1.82) is 0 Å². The van der Waals surface area contributed by atoms with E-state index in [-0.39, 0.29) is 0 Å². The van der Waals surface area contributed by atoms with Crippen LogP contribution in [0.1, 0.15) is 5.69 Å². The number of rotatable bonds is 4. The Morgan fingerprint density at radius 3 is 3.09 bits per heavy atom. The topological polar surface area (TPSA) is 38.9 Å². The van der Waals surface area contributed by atoms with Crippen molar-refractivity contribution in [2.75, 3.05) is 12.3 Å². The van der Waals surface area contributed by atoms with Crippen molar-refractivity contribution in [2.24, 2.45) is 5.73 Å². The normalized spacial score (nSPS) is 10.4. The number of thioether (sulfide) groups is 1. The fourth-order valence-electron chi connectivity index (χ4n) is 0.595.